The Balaban J connectivity index is 4.44. The average Bonchev–Trinajstić information content (AvgIpc) is 3.21. The summed E-state index contributed by atoms with van der Waals surface area (Å²) < 4.78 is 16.7. The van der Waals surface area contributed by atoms with E-state index in [2.05, 4.69) is 81.5 Å². The molecule has 0 spiro atoms. The molecule has 0 aliphatic carbocycles. The van der Waals surface area contributed by atoms with E-state index in [-0.39, 0.29) is 31.1 Å². The Labute approximate surface area is 351 Å². The van der Waals surface area contributed by atoms with E-state index in [4.69, 9.17) is 14.2 Å². The number of allylic oxidation sites excluding steroid dienone is 10. The van der Waals surface area contributed by atoms with Crippen LogP contribution in [0.15, 0.2) is 60.8 Å². The lowest BCUT2D eigenvalue weighted by atomic mass is 10.1. The van der Waals surface area contributed by atoms with Gasteiger partial charge >= 0.3 is 17.9 Å². The smallest absolute Gasteiger partial charge is 0.306 e. The molecule has 6 heteroatoms. The Bertz CT molecular complexity index is 1050. The van der Waals surface area contributed by atoms with Crippen molar-refractivity contribution < 1.29 is 28.6 Å². The third kappa shape index (κ3) is 44.1. The Morgan fingerprint density at radius 1 is 0.351 bits per heavy atom. The fraction of sp³-hybridized carbons (Fsp3) is 0.745. The van der Waals surface area contributed by atoms with Crippen LogP contribution in [0.25, 0.3) is 0 Å². The average molecular weight is 797 g/mol. The lowest BCUT2D eigenvalue weighted by molar-refractivity contribution is -0.167. The van der Waals surface area contributed by atoms with Gasteiger partial charge in [-0.2, -0.15) is 0 Å². The molecule has 0 aromatic heterocycles. The van der Waals surface area contributed by atoms with Crippen LogP contribution in [0.1, 0.15) is 226 Å². The number of hydrogen-bond donors (Lipinski definition) is 0. The molecule has 0 aromatic rings. The molecule has 1 atom stereocenters. The summed E-state index contributed by atoms with van der Waals surface area (Å²) in [5.74, 6) is -0.929. The maximum atomic E-state index is 12.7. The van der Waals surface area contributed by atoms with Gasteiger partial charge in [-0.15, -0.1) is 0 Å². The van der Waals surface area contributed by atoms with Gasteiger partial charge in [-0.25, -0.2) is 0 Å². The second-order valence-electron chi connectivity index (χ2n) is 15.7. The monoisotopic (exact) mass is 797 g/mol. The van der Waals surface area contributed by atoms with Gasteiger partial charge in [0, 0.05) is 19.3 Å². The van der Waals surface area contributed by atoms with Crippen LogP contribution in [-0.2, 0) is 28.6 Å². The molecule has 328 valence electrons. The first kappa shape index (κ1) is 54.1. The molecular formula is C51H88O6. The van der Waals surface area contributed by atoms with Gasteiger partial charge in [0.15, 0.2) is 6.10 Å². The highest BCUT2D eigenvalue weighted by Gasteiger charge is 2.19. The third-order valence-electron chi connectivity index (χ3n) is 9.96. The Morgan fingerprint density at radius 2 is 0.632 bits per heavy atom. The standard InChI is InChI=1S/C51H88O6/c1-4-7-10-13-16-19-22-24-26-29-32-35-38-41-44-50(53)56-47-48(46-55-49(52)43-40-37-34-31-28-21-18-15-12-9-6-3)57-51(54)45-42-39-36-33-30-27-25-23-20-17-14-11-8-5-2/h13-18,22-25,48H,4-12,19-21,26-47H2,1-3H3/b16-13-,17-14-,18-15-,24-22-,25-23-. The molecule has 0 saturated heterocycles. The zero-order valence-electron chi connectivity index (χ0n) is 37.3. The van der Waals surface area contributed by atoms with Gasteiger partial charge in [-0.1, -0.05) is 178 Å². The van der Waals surface area contributed by atoms with Crippen LogP contribution in [0.4, 0.5) is 0 Å². The summed E-state index contributed by atoms with van der Waals surface area (Å²) in [5.41, 5.74) is 0. The molecule has 0 N–H and O–H groups in total. The number of esters is 3. The van der Waals surface area contributed by atoms with Crippen molar-refractivity contribution in [1.29, 1.82) is 0 Å². The van der Waals surface area contributed by atoms with Crippen LogP contribution in [-0.4, -0.2) is 37.2 Å². The summed E-state index contributed by atoms with van der Waals surface area (Å²) in [5, 5.41) is 0. The summed E-state index contributed by atoms with van der Waals surface area (Å²) in [6.45, 7) is 6.47. The SMILES string of the molecule is CCCC/C=C\C/C=C\CCCCCCCC(=O)OCC(COC(=O)CCCCCCC/C=C\CCCC)OC(=O)CCCCCCC/C=C\C/C=C\CCCC. The fourth-order valence-corrected chi connectivity index (χ4v) is 6.28. The van der Waals surface area contributed by atoms with E-state index in [1.807, 2.05) is 0 Å². The van der Waals surface area contributed by atoms with E-state index >= 15 is 0 Å². The van der Waals surface area contributed by atoms with E-state index in [0.717, 1.165) is 109 Å². The Hall–Kier alpha value is -2.89. The van der Waals surface area contributed by atoms with E-state index in [0.29, 0.717) is 19.3 Å². The topological polar surface area (TPSA) is 78.9 Å². The quantitative estimate of drug-likeness (QED) is 0.0265. The molecule has 0 aliphatic rings. The van der Waals surface area contributed by atoms with Crippen LogP contribution < -0.4 is 0 Å². The maximum absolute atomic E-state index is 12.7. The molecule has 0 rings (SSSR count). The maximum Gasteiger partial charge on any atom is 0.306 e. The van der Waals surface area contributed by atoms with Crippen molar-refractivity contribution in [2.75, 3.05) is 13.2 Å². The van der Waals surface area contributed by atoms with Crippen LogP contribution in [0.2, 0.25) is 0 Å². The first-order valence-electron chi connectivity index (χ1n) is 23.8. The van der Waals surface area contributed by atoms with Gasteiger partial charge in [0.1, 0.15) is 13.2 Å². The largest absolute Gasteiger partial charge is 0.462 e. The van der Waals surface area contributed by atoms with Crippen molar-refractivity contribution in [2.45, 2.75) is 232 Å². The van der Waals surface area contributed by atoms with Crippen LogP contribution >= 0.6 is 0 Å². The molecule has 0 saturated carbocycles. The van der Waals surface area contributed by atoms with Gasteiger partial charge in [0.25, 0.3) is 0 Å². The number of rotatable bonds is 42. The fourth-order valence-electron chi connectivity index (χ4n) is 6.28. The lowest BCUT2D eigenvalue weighted by Crippen LogP contribution is -2.30. The highest BCUT2D eigenvalue weighted by Crippen LogP contribution is 2.13. The van der Waals surface area contributed by atoms with Crippen LogP contribution in [0.5, 0.6) is 0 Å². The van der Waals surface area contributed by atoms with Crippen molar-refractivity contribution in [3.05, 3.63) is 60.8 Å². The zero-order chi connectivity index (χ0) is 41.5. The van der Waals surface area contributed by atoms with Crippen LogP contribution in [0, 0.1) is 0 Å². The Morgan fingerprint density at radius 3 is 0.982 bits per heavy atom. The second kappa shape index (κ2) is 45.8. The zero-order valence-corrected chi connectivity index (χ0v) is 37.3. The summed E-state index contributed by atoms with van der Waals surface area (Å²) in [6.07, 6.45) is 54.8. The van der Waals surface area contributed by atoms with Gasteiger partial charge in [0.2, 0.25) is 0 Å². The first-order chi connectivity index (χ1) is 28.0. The Kier molecular flexibility index (Phi) is 43.5. The molecule has 0 aromatic carbocycles. The van der Waals surface area contributed by atoms with E-state index < -0.39 is 6.10 Å². The van der Waals surface area contributed by atoms with E-state index in [1.54, 1.807) is 0 Å². The van der Waals surface area contributed by atoms with Gasteiger partial charge < -0.3 is 14.2 Å². The van der Waals surface area contributed by atoms with Gasteiger partial charge in [-0.05, 0) is 89.9 Å². The molecule has 0 aliphatic heterocycles. The minimum atomic E-state index is -0.788. The normalized spacial score (nSPS) is 12.5. The number of carbonyl (C=O) groups is 3. The highest BCUT2D eigenvalue weighted by atomic mass is 16.6. The molecule has 57 heavy (non-hydrogen) atoms. The number of hydrogen-bond acceptors (Lipinski definition) is 6. The molecule has 0 heterocycles. The summed E-state index contributed by atoms with van der Waals surface area (Å²) in [4.78, 5) is 37.8. The molecule has 1 unspecified atom stereocenters. The van der Waals surface area contributed by atoms with Crippen molar-refractivity contribution in [3.63, 3.8) is 0 Å². The van der Waals surface area contributed by atoms with Gasteiger partial charge in [0.05, 0.1) is 0 Å². The molecular weight excluding hydrogens is 709 g/mol. The number of carbonyl (C=O) groups excluding carboxylic acids is 3. The molecule has 0 amide bonds. The molecule has 0 radical (unpaired) electrons. The number of unbranched alkanes of at least 4 members (excludes halogenated alkanes) is 21. The minimum Gasteiger partial charge on any atom is -0.462 e. The van der Waals surface area contributed by atoms with E-state index in [9.17, 15) is 14.4 Å². The van der Waals surface area contributed by atoms with Crippen molar-refractivity contribution in [3.8, 4) is 0 Å². The summed E-state index contributed by atoms with van der Waals surface area (Å²) in [7, 11) is 0. The van der Waals surface area contributed by atoms with Gasteiger partial charge in [-0.3, -0.25) is 14.4 Å². The third-order valence-corrected chi connectivity index (χ3v) is 9.96. The van der Waals surface area contributed by atoms with Crippen LogP contribution in [0.3, 0.4) is 0 Å². The van der Waals surface area contributed by atoms with Crippen molar-refractivity contribution in [1.82, 2.24) is 0 Å². The predicted molar refractivity (Wildman–Crippen MR) is 242 cm³/mol. The highest BCUT2D eigenvalue weighted by molar-refractivity contribution is 5.71. The van der Waals surface area contributed by atoms with Crippen molar-refractivity contribution in [2.24, 2.45) is 0 Å². The second-order valence-corrected chi connectivity index (χ2v) is 15.7. The molecule has 6 nitrogen and oxygen atoms in total. The molecule has 0 fully saturated rings. The summed E-state index contributed by atoms with van der Waals surface area (Å²) >= 11 is 0. The minimum absolute atomic E-state index is 0.0894. The number of ether oxygens (including phenoxy) is 3. The summed E-state index contributed by atoms with van der Waals surface area (Å²) in [6, 6.07) is 0. The van der Waals surface area contributed by atoms with E-state index in [1.165, 1.54) is 77.0 Å². The lowest BCUT2D eigenvalue weighted by Gasteiger charge is -2.18. The first-order valence-corrected chi connectivity index (χ1v) is 23.8. The van der Waals surface area contributed by atoms with Crippen molar-refractivity contribution >= 4 is 17.9 Å². The molecule has 0 bridgehead atoms. The predicted octanol–water partition coefficient (Wildman–Crippen LogP) is 15.3.